The number of anilines is 1. The van der Waals surface area contributed by atoms with Gasteiger partial charge in [0, 0.05) is 11.0 Å². The fraction of sp³-hybridized carbons (Fsp3) is 0.364. The Morgan fingerprint density at radius 3 is 2.59 bits per heavy atom. The van der Waals surface area contributed by atoms with Crippen molar-refractivity contribution in [3.8, 4) is 0 Å². The molecule has 0 heterocycles. The molecule has 0 aliphatic carbocycles. The molecule has 0 fully saturated rings. The van der Waals surface area contributed by atoms with Crippen molar-refractivity contribution in [3.63, 3.8) is 0 Å². The molecule has 1 amide bonds. The predicted octanol–water partition coefficient (Wildman–Crippen LogP) is 0.725. The van der Waals surface area contributed by atoms with Crippen LogP contribution in [0.15, 0.2) is 16.6 Å². The van der Waals surface area contributed by atoms with Gasteiger partial charge in [0.15, 0.2) is 0 Å². The zero-order valence-corrected chi connectivity index (χ0v) is 11.4. The quantitative estimate of drug-likeness (QED) is 0.715. The first kappa shape index (κ1) is 14.0. The number of aliphatic hydroxyl groups is 1. The average Bonchev–Trinajstić information content (AvgIpc) is 2.20. The Labute approximate surface area is 109 Å². The Hall–Kier alpha value is -1.11. The standard InChI is InChI=1S/C11H16BrN3O2/c1-15(2)5-9(16)6-3-7(11(14)17)10(13)8(12)4-6/h3-4,9,16H,5,13H2,1-2H3,(H2,14,17). The lowest BCUT2D eigenvalue weighted by Gasteiger charge is -2.18. The second-order valence-electron chi connectivity index (χ2n) is 4.11. The molecule has 1 rings (SSSR count). The molecule has 0 bridgehead atoms. The number of carbonyl (C=O) groups excluding carboxylic acids is 1. The van der Waals surface area contributed by atoms with Crippen LogP contribution in [-0.4, -0.2) is 36.6 Å². The third kappa shape index (κ3) is 3.42. The largest absolute Gasteiger partial charge is 0.397 e. The van der Waals surface area contributed by atoms with Crippen LogP contribution in [0.4, 0.5) is 5.69 Å². The number of aliphatic hydroxyl groups excluding tert-OH is 1. The molecule has 0 saturated carbocycles. The van der Waals surface area contributed by atoms with Gasteiger partial charge in [-0.2, -0.15) is 0 Å². The molecule has 0 aliphatic heterocycles. The summed E-state index contributed by atoms with van der Waals surface area (Å²) < 4.78 is 0.557. The summed E-state index contributed by atoms with van der Waals surface area (Å²) in [7, 11) is 3.70. The van der Waals surface area contributed by atoms with Gasteiger partial charge in [0.05, 0.1) is 17.4 Å². The first-order valence-corrected chi connectivity index (χ1v) is 5.83. The number of rotatable bonds is 4. The smallest absolute Gasteiger partial charge is 0.250 e. The summed E-state index contributed by atoms with van der Waals surface area (Å²) in [5, 5.41) is 9.96. The number of halogens is 1. The number of carbonyl (C=O) groups is 1. The lowest BCUT2D eigenvalue weighted by Crippen LogP contribution is -2.21. The Bertz CT molecular complexity index is 435. The maximum Gasteiger partial charge on any atom is 0.250 e. The van der Waals surface area contributed by atoms with Crippen molar-refractivity contribution < 1.29 is 9.90 Å². The summed E-state index contributed by atoms with van der Waals surface area (Å²) in [5.74, 6) is -0.609. The van der Waals surface area contributed by atoms with E-state index in [4.69, 9.17) is 11.5 Å². The normalized spacial score (nSPS) is 12.8. The minimum atomic E-state index is -0.694. The third-order valence-corrected chi connectivity index (χ3v) is 3.00. The van der Waals surface area contributed by atoms with E-state index in [9.17, 15) is 9.90 Å². The van der Waals surface area contributed by atoms with Gasteiger partial charge in [-0.1, -0.05) is 0 Å². The summed E-state index contributed by atoms with van der Waals surface area (Å²) in [5.41, 5.74) is 12.0. The topological polar surface area (TPSA) is 92.6 Å². The number of nitrogens with zero attached hydrogens (tertiary/aromatic N) is 1. The first-order chi connectivity index (χ1) is 7.82. The summed E-state index contributed by atoms with van der Waals surface area (Å²) in [6.45, 7) is 0.453. The highest BCUT2D eigenvalue weighted by atomic mass is 79.9. The van der Waals surface area contributed by atoms with E-state index in [2.05, 4.69) is 15.9 Å². The van der Waals surface area contributed by atoms with Crippen LogP contribution in [0.25, 0.3) is 0 Å². The van der Waals surface area contributed by atoms with Crippen molar-refractivity contribution in [1.82, 2.24) is 4.90 Å². The number of hydrogen-bond acceptors (Lipinski definition) is 4. The van der Waals surface area contributed by atoms with Crippen LogP contribution in [0.5, 0.6) is 0 Å². The van der Waals surface area contributed by atoms with Gasteiger partial charge in [-0.05, 0) is 47.7 Å². The molecule has 1 atom stereocenters. The van der Waals surface area contributed by atoms with Crippen molar-refractivity contribution in [3.05, 3.63) is 27.7 Å². The van der Waals surface area contributed by atoms with E-state index in [0.29, 0.717) is 22.3 Å². The second kappa shape index (κ2) is 5.48. The van der Waals surface area contributed by atoms with Gasteiger partial charge < -0.3 is 21.5 Å². The third-order valence-electron chi connectivity index (χ3n) is 2.34. The van der Waals surface area contributed by atoms with Gasteiger partial charge in [0.25, 0.3) is 5.91 Å². The zero-order chi connectivity index (χ0) is 13.2. The summed E-state index contributed by atoms with van der Waals surface area (Å²) in [6.07, 6.45) is -0.694. The average molecular weight is 302 g/mol. The number of primary amides is 1. The Morgan fingerprint density at radius 2 is 2.12 bits per heavy atom. The Morgan fingerprint density at radius 1 is 1.53 bits per heavy atom. The van der Waals surface area contributed by atoms with E-state index < -0.39 is 12.0 Å². The van der Waals surface area contributed by atoms with Gasteiger partial charge in [-0.25, -0.2) is 0 Å². The molecule has 94 valence electrons. The number of benzene rings is 1. The fourth-order valence-electron chi connectivity index (χ4n) is 1.49. The molecule has 6 heteroatoms. The van der Waals surface area contributed by atoms with E-state index in [-0.39, 0.29) is 5.56 Å². The Kier molecular flexibility index (Phi) is 4.50. The molecule has 0 aromatic heterocycles. The van der Waals surface area contributed by atoms with Crippen molar-refractivity contribution in [2.45, 2.75) is 6.10 Å². The molecule has 1 aromatic rings. The highest BCUT2D eigenvalue weighted by molar-refractivity contribution is 9.10. The van der Waals surface area contributed by atoms with Gasteiger partial charge in [-0.15, -0.1) is 0 Å². The van der Waals surface area contributed by atoms with Gasteiger partial charge in [0.1, 0.15) is 0 Å². The van der Waals surface area contributed by atoms with Gasteiger partial charge >= 0.3 is 0 Å². The minimum absolute atomic E-state index is 0.215. The van der Waals surface area contributed by atoms with Crippen LogP contribution < -0.4 is 11.5 Å². The van der Waals surface area contributed by atoms with Crippen LogP contribution in [-0.2, 0) is 0 Å². The van der Waals surface area contributed by atoms with E-state index in [1.165, 1.54) is 6.07 Å². The Balaban J connectivity index is 3.14. The molecular formula is C11H16BrN3O2. The van der Waals surface area contributed by atoms with E-state index in [1.807, 2.05) is 19.0 Å². The van der Waals surface area contributed by atoms with Crippen molar-refractivity contribution in [1.29, 1.82) is 0 Å². The molecule has 0 saturated heterocycles. The highest BCUT2D eigenvalue weighted by Gasteiger charge is 2.15. The second-order valence-corrected chi connectivity index (χ2v) is 4.96. The van der Waals surface area contributed by atoms with E-state index in [1.54, 1.807) is 6.07 Å². The van der Waals surface area contributed by atoms with Crippen LogP contribution in [0.1, 0.15) is 22.0 Å². The SMILES string of the molecule is CN(C)CC(O)c1cc(Br)c(N)c(C(N)=O)c1. The summed E-state index contributed by atoms with van der Waals surface area (Å²) in [6, 6.07) is 3.21. The lowest BCUT2D eigenvalue weighted by atomic mass is 10.0. The summed E-state index contributed by atoms with van der Waals surface area (Å²) in [4.78, 5) is 13.0. The fourth-order valence-corrected chi connectivity index (χ4v) is 1.96. The van der Waals surface area contributed by atoms with Crippen molar-refractivity contribution >= 4 is 27.5 Å². The molecular weight excluding hydrogens is 286 g/mol. The maximum atomic E-state index is 11.2. The molecule has 5 N–H and O–H groups in total. The van der Waals surface area contributed by atoms with Crippen molar-refractivity contribution in [2.75, 3.05) is 26.4 Å². The first-order valence-electron chi connectivity index (χ1n) is 5.04. The molecule has 0 spiro atoms. The van der Waals surface area contributed by atoms with Gasteiger partial charge in [-0.3, -0.25) is 4.79 Å². The molecule has 1 aromatic carbocycles. The maximum absolute atomic E-state index is 11.2. The minimum Gasteiger partial charge on any atom is -0.397 e. The molecule has 17 heavy (non-hydrogen) atoms. The number of nitrogen functional groups attached to an aromatic ring is 1. The van der Waals surface area contributed by atoms with Crippen LogP contribution in [0.3, 0.4) is 0 Å². The van der Waals surface area contributed by atoms with Crippen LogP contribution >= 0.6 is 15.9 Å². The number of likely N-dealkylation sites (N-methyl/N-ethyl adjacent to an activating group) is 1. The van der Waals surface area contributed by atoms with Crippen LogP contribution in [0, 0.1) is 0 Å². The van der Waals surface area contributed by atoms with Crippen molar-refractivity contribution in [2.24, 2.45) is 5.73 Å². The highest BCUT2D eigenvalue weighted by Crippen LogP contribution is 2.28. The number of nitrogens with two attached hydrogens (primary N) is 2. The molecule has 0 radical (unpaired) electrons. The molecule has 0 aliphatic rings. The molecule has 1 unspecified atom stereocenters. The van der Waals surface area contributed by atoms with E-state index >= 15 is 0 Å². The summed E-state index contributed by atoms with van der Waals surface area (Å²) >= 11 is 3.24. The van der Waals surface area contributed by atoms with E-state index in [0.717, 1.165) is 0 Å². The van der Waals surface area contributed by atoms with Gasteiger partial charge in [0.2, 0.25) is 0 Å². The monoisotopic (exact) mass is 301 g/mol. The lowest BCUT2D eigenvalue weighted by molar-refractivity contribution is 0.100. The van der Waals surface area contributed by atoms with Crippen LogP contribution in [0.2, 0.25) is 0 Å². The molecule has 5 nitrogen and oxygen atoms in total. The number of amides is 1. The number of hydrogen-bond donors (Lipinski definition) is 3. The predicted molar refractivity (Wildman–Crippen MR) is 70.6 cm³/mol. The zero-order valence-electron chi connectivity index (χ0n) is 9.77.